The van der Waals surface area contributed by atoms with E-state index < -0.39 is 5.91 Å². The summed E-state index contributed by atoms with van der Waals surface area (Å²) in [6.07, 6.45) is 1.64. The van der Waals surface area contributed by atoms with Crippen LogP contribution in [0, 0.1) is 0 Å². The number of hydrogen-bond acceptors (Lipinski definition) is 7. The number of nitrogens with two attached hydrogens (primary N) is 2. The molecule has 1 atom stereocenters. The van der Waals surface area contributed by atoms with Crippen molar-refractivity contribution in [2.45, 2.75) is 13.0 Å². The minimum atomic E-state index is -0.513. The maximum absolute atomic E-state index is 12.2. The van der Waals surface area contributed by atoms with Gasteiger partial charge in [0.05, 0.1) is 30.8 Å². The van der Waals surface area contributed by atoms with E-state index in [1.807, 2.05) is 18.2 Å². The van der Waals surface area contributed by atoms with E-state index in [-0.39, 0.29) is 6.04 Å². The average Bonchev–Trinajstić information content (AvgIpc) is 3.42. The third-order valence-electron chi connectivity index (χ3n) is 5.51. The second-order valence-corrected chi connectivity index (χ2v) is 7.49. The maximum Gasteiger partial charge on any atom is 0.249 e. The Hall–Kier alpha value is -3.92. The van der Waals surface area contributed by atoms with Gasteiger partial charge in [-0.15, -0.1) is 5.10 Å². The monoisotopic (exact) mass is 418 g/mol. The number of nitrogen functional groups attached to an aromatic ring is 1. The number of carbonyl (C=O) groups is 1. The second kappa shape index (κ2) is 7.40. The minimum Gasteiger partial charge on any atom is -0.382 e. The summed E-state index contributed by atoms with van der Waals surface area (Å²) in [5.74, 6) is 1.17. The predicted octanol–water partition coefficient (Wildman–Crippen LogP) is 1.72. The lowest BCUT2D eigenvalue weighted by atomic mass is 9.97. The van der Waals surface area contributed by atoms with Crippen molar-refractivity contribution in [2.75, 3.05) is 30.4 Å². The number of nitrogens with one attached hydrogen (secondary N) is 1. The molecular weight excluding hydrogens is 396 g/mol. The Morgan fingerprint density at radius 2 is 2.10 bits per heavy atom. The van der Waals surface area contributed by atoms with Crippen LogP contribution < -0.4 is 16.4 Å². The number of aromatic amines is 1. The Labute approximate surface area is 177 Å². The summed E-state index contributed by atoms with van der Waals surface area (Å²) in [5, 5.41) is 12.1. The fraction of sp³-hybridized carbons (Fsp3) is 0.238. The van der Waals surface area contributed by atoms with Gasteiger partial charge in [-0.05, 0) is 24.6 Å². The fourth-order valence-electron chi connectivity index (χ4n) is 4.02. The number of morpholine rings is 1. The molecule has 1 aliphatic rings. The number of H-pyrrole nitrogens is 1. The van der Waals surface area contributed by atoms with Crippen LogP contribution in [-0.2, 0) is 4.74 Å². The number of carbonyl (C=O) groups excluding carboxylic acids is 1. The van der Waals surface area contributed by atoms with Crippen LogP contribution in [0.1, 0.15) is 17.3 Å². The minimum absolute atomic E-state index is 0.138. The standard InChI is InChI=1S/C21H22N8O2/c1-12-11-31-9-8-28(12)17-10-15(13-4-2-3-5-14(13)20(23)30)18-19(22)27-29(21(18)25-17)16-6-7-24-26-16/h2-7,10,12H,8-9,11H2,1H3,(H2,22,27)(H2,23,30)(H,24,26)/t12-/m1/s1. The molecule has 0 saturated carbocycles. The van der Waals surface area contributed by atoms with Crippen LogP contribution in [0.3, 0.4) is 0 Å². The topological polar surface area (TPSA) is 141 Å². The van der Waals surface area contributed by atoms with Crippen LogP contribution >= 0.6 is 0 Å². The number of fused-ring (bicyclic) bond motifs is 1. The molecule has 1 amide bonds. The van der Waals surface area contributed by atoms with E-state index in [9.17, 15) is 4.79 Å². The van der Waals surface area contributed by atoms with E-state index in [1.165, 1.54) is 0 Å². The number of primary amides is 1. The van der Waals surface area contributed by atoms with Crippen LogP contribution in [0.2, 0.25) is 0 Å². The Morgan fingerprint density at radius 3 is 2.84 bits per heavy atom. The summed E-state index contributed by atoms with van der Waals surface area (Å²) in [4.78, 5) is 19.3. The number of pyridine rings is 1. The molecule has 0 spiro atoms. The van der Waals surface area contributed by atoms with Gasteiger partial charge in [0, 0.05) is 23.7 Å². The molecule has 4 aromatic rings. The van der Waals surface area contributed by atoms with Gasteiger partial charge in [-0.25, -0.2) is 4.98 Å². The molecule has 5 N–H and O–H groups in total. The van der Waals surface area contributed by atoms with E-state index in [0.29, 0.717) is 53.6 Å². The summed E-state index contributed by atoms with van der Waals surface area (Å²) >= 11 is 0. The molecule has 0 radical (unpaired) electrons. The number of ether oxygens (including phenoxy) is 1. The van der Waals surface area contributed by atoms with Gasteiger partial charge in [0.25, 0.3) is 0 Å². The SMILES string of the molecule is C[C@@H]1COCCN1c1cc(-c2ccccc2C(N)=O)c2c(N)nn(-c3ccn[nH]3)c2n1. The number of amides is 1. The summed E-state index contributed by atoms with van der Waals surface area (Å²) < 4.78 is 7.22. The van der Waals surface area contributed by atoms with E-state index in [1.54, 1.807) is 29.1 Å². The van der Waals surface area contributed by atoms with Crippen molar-refractivity contribution in [2.24, 2.45) is 5.73 Å². The maximum atomic E-state index is 12.2. The number of hydrogen-bond donors (Lipinski definition) is 3. The first-order valence-electron chi connectivity index (χ1n) is 9.97. The second-order valence-electron chi connectivity index (χ2n) is 7.49. The van der Waals surface area contributed by atoms with E-state index in [4.69, 9.17) is 21.2 Å². The number of anilines is 2. The quantitative estimate of drug-likeness (QED) is 0.458. The molecule has 1 fully saturated rings. The lowest BCUT2D eigenvalue weighted by Gasteiger charge is -2.34. The predicted molar refractivity (Wildman–Crippen MR) is 117 cm³/mol. The number of aromatic nitrogens is 5. The van der Waals surface area contributed by atoms with Crippen molar-refractivity contribution in [1.29, 1.82) is 0 Å². The average molecular weight is 418 g/mol. The van der Waals surface area contributed by atoms with Crippen molar-refractivity contribution in [3.8, 4) is 16.9 Å². The van der Waals surface area contributed by atoms with Gasteiger partial charge in [-0.3, -0.25) is 9.89 Å². The first kappa shape index (κ1) is 19.1. The van der Waals surface area contributed by atoms with E-state index >= 15 is 0 Å². The van der Waals surface area contributed by atoms with Gasteiger partial charge < -0.3 is 21.1 Å². The van der Waals surface area contributed by atoms with Gasteiger partial charge in [0.1, 0.15) is 5.82 Å². The van der Waals surface area contributed by atoms with Gasteiger partial charge in [-0.1, -0.05) is 18.2 Å². The van der Waals surface area contributed by atoms with Crippen molar-refractivity contribution >= 4 is 28.6 Å². The summed E-state index contributed by atoms with van der Waals surface area (Å²) in [6, 6.07) is 11.1. The van der Waals surface area contributed by atoms with Crippen molar-refractivity contribution in [1.82, 2.24) is 25.0 Å². The highest BCUT2D eigenvalue weighted by atomic mass is 16.5. The molecule has 0 unspecified atom stereocenters. The van der Waals surface area contributed by atoms with Gasteiger partial charge in [0.2, 0.25) is 5.91 Å². The van der Waals surface area contributed by atoms with E-state index in [0.717, 1.165) is 11.4 Å². The molecule has 0 aliphatic carbocycles. The molecule has 5 rings (SSSR count). The number of benzene rings is 1. The molecule has 4 heterocycles. The third kappa shape index (κ3) is 3.17. The normalized spacial score (nSPS) is 16.7. The molecule has 3 aromatic heterocycles. The van der Waals surface area contributed by atoms with Crippen LogP contribution in [-0.4, -0.2) is 56.7 Å². The summed E-state index contributed by atoms with van der Waals surface area (Å²) in [5.41, 5.74) is 14.4. The van der Waals surface area contributed by atoms with Crippen molar-refractivity contribution in [3.05, 3.63) is 48.2 Å². The first-order chi connectivity index (χ1) is 15.0. The molecule has 10 heteroatoms. The summed E-state index contributed by atoms with van der Waals surface area (Å²) in [7, 11) is 0. The van der Waals surface area contributed by atoms with Crippen LogP contribution in [0.15, 0.2) is 42.6 Å². The highest BCUT2D eigenvalue weighted by Gasteiger charge is 2.25. The molecule has 0 bridgehead atoms. The number of rotatable bonds is 4. The van der Waals surface area contributed by atoms with Crippen molar-refractivity contribution in [3.63, 3.8) is 0 Å². The van der Waals surface area contributed by atoms with Crippen molar-refractivity contribution < 1.29 is 9.53 Å². The summed E-state index contributed by atoms with van der Waals surface area (Å²) in [6.45, 7) is 4.00. The Kier molecular flexibility index (Phi) is 4.55. The third-order valence-corrected chi connectivity index (χ3v) is 5.51. The zero-order valence-corrected chi connectivity index (χ0v) is 16.9. The molecule has 1 saturated heterocycles. The lowest BCUT2D eigenvalue weighted by Crippen LogP contribution is -2.44. The van der Waals surface area contributed by atoms with Crippen LogP contribution in [0.25, 0.3) is 28.0 Å². The zero-order valence-electron chi connectivity index (χ0n) is 16.9. The van der Waals surface area contributed by atoms with Gasteiger partial charge in [-0.2, -0.15) is 9.78 Å². The molecule has 10 nitrogen and oxygen atoms in total. The molecule has 158 valence electrons. The number of nitrogens with zero attached hydrogens (tertiary/aromatic N) is 5. The largest absolute Gasteiger partial charge is 0.382 e. The lowest BCUT2D eigenvalue weighted by molar-refractivity contribution is 0.0985. The fourth-order valence-corrected chi connectivity index (χ4v) is 4.02. The van der Waals surface area contributed by atoms with E-state index in [2.05, 4.69) is 27.1 Å². The molecule has 1 aromatic carbocycles. The highest BCUT2D eigenvalue weighted by Crippen LogP contribution is 2.37. The highest BCUT2D eigenvalue weighted by molar-refractivity contribution is 6.08. The Bertz CT molecular complexity index is 1260. The Morgan fingerprint density at radius 1 is 1.26 bits per heavy atom. The zero-order chi connectivity index (χ0) is 21.5. The smallest absolute Gasteiger partial charge is 0.249 e. The molecule has 1 aliphatic heterocycles. The Balaban J connectivity index is 1.83. The first-order valence-corrected chi connectivity index (χ1v) is 9.97. The molecule has 31 heavy (non-hydrogen) atoms. The van der Waals surface area contributed by atoms with Gasteiger partial charge in [0.15, 0.2) is 17.3 Å². The van der Waals surface area contributed by atoms with Crippen LogP contribution in [0.5, 0.6) is 0 Å². The van der Waals surface area contributed by atoms with Gasteiger partial charge >= 0.3 is 0 Å². The molecular formula is C21H22N8O2. The van der Waals surface area contributed by atoms with Crippen LogP contribution in [0.4, 0.5) is 11.6 Å².